The summed E-state index contributed by atoms with van der Waals surface area (Å²) in [4.78, 5) is 0. The predicted molar refractivity (Wildman–Crippen MR) is 54.1 cm³/mol. The summed E-state index contributed by atoms with van der Waals surface area (Å²) < 4.78 is 0. The van der Waals surface area contributed by atoms with Crippen LogP contribution in [-0.4, -0.2) is 11.5 Å². The third kappa shape index (κ3) is 34.0. The summed E-state index contributed by atoms with van der Waals surface area (Å²) in [5, 5.41) is 0. The molecule has 0 saturated heterocycles. The van der Waals surface area contributed by atoms with Crippen molar-refractivity contribution in [3.8, 4) is 0 Å². The second-order valence-electron chi connectivity index (χ2n) is 3.12. The summed E-state index contributed by atoms with van der Waals surface area (Å²) in [5.74, 6) is 3.18. The van der Waals surface area contributed by atoms with E-state index in [1.54, 1.807) is 0 Å². The molecule has 0 N–H and O–H groups in total. The Morgan fingerprint density at radius 1 is 0.818 bits per heavy atom. The molecule has 0 aromatic rings. The van der Waals surface area contributed by atoms with Gasteiger partial charge in [-0.25, -0.2) is 0 Å². The van der Waals surface area contributed by atoms with E-state index in [-0.39, 0.29) is 27.7 Å². The molecular weight excluding hydrogens is 361 g/mol. The Morgan fingerprint density at radius 3 is 0.909 bits per heavy atom. The summed E-state index contributed by atoms with van der Waals surface area (Å²) >= 11 is 9.35. The normalized spacial score (nSPS) is 8.73. The average molecular weight is 379 g/mol. The Labute approximate surface area is 103 Å². The summed E-state index contributed by atoms with van der Waals surface area (Å²) in [6.07, 6.45) is 0. The van der Waals surface area contributed by atoms with E-state index in [4.69, 9.17) is 0 Å². The van der Waals surface area contributed by atoms with Gasteiger partial charge < -0.3 is 25.3 Å². The first-order valence-electron chi connectivity index (χ1n) is 3.70. The van der Waals surface area contributed by atoms with Gasteiger partial charge in [-0.15, -0.1) is 0 Å². The van der Waals surface area contributed by atoms with Crippen LogP contribution in [0.25, 0.3) is 0 Å². The fourth-order valence-corrected chi connectivity index (χ4v) is 0. The molecule has 0 aliphatic rings. The van der Waals surface area contributed by atoms with E-state index in [0.29, 0.717) is 11.8 Å². The molecular formula is C8H18HgS2. The molecule has 64 valence electrons. The third-order valence-corrected chi connectivity index (χ3v) is 2.00. The molecule has 0 rings (SSSR count). The smallest absolute Gasteiger partial charge is 0.792 e. The van der Waals surface area contributed by atoms with Gasteiger partial charge in [-0.05, 0) is 0 Å². The molecule has 0 aliphatic carbocycles. The van der Waals surface area contributed by atoms with E-state index < -0.39 is 0 Å². The van der Waals surface area contributed by atoms with Crippen LogP contribution in [0.15, 0.2) is 0 Å². The monoisotopic (exact) mass is 380 g/mol. The molecule has 0 spiro atoms. The minimum absolute atomic E-state index is 0. The SMILES string of the molecule is CC(C)C[S-].CC(C)C[S-].[Hg+2]. The van der Waals surface area contributed by atoms with Crippen LogP contribution in [0.5, 0.6) is 0 Å². The second-order valence-corrected chi connectivity index (χ2v) is 3.79. The van der Waals surface area contributed by atoms with Gasteiger partial charge in [0.1, 0.15) is 0 Å². The van der Waals surface area contributed by atoms with E-state index in [9.17, 15) is 0 Å². The first kappa shape index (κ1) is 18.4. The van der Waals surface area contributed by atoms with Crippen LogP contribution >= 0.6 is 0 Å². The summed E-state index contributed by atoms with van der Waals surface area (Å²) in [5.41, 5.74) is 0. The van der Waals surface area contributed by atoms with Crippen LogP contribution in [0.2, 0.25) is 0 Å². The molecule has 0 heterocycles. The molecule has 0 nitrogen and oxygen atoms in total. The summed E-state index contributed by atoms with van der Waals surface area (Å²) in [7, 11) is 0. The molecule has 0 bridgehead atoms. The van der Waals surface area contributed by atoms with Crippen LogP contribution in [0.4, 0.5) is 0 Å². The first-order valence-corrected chi connectivity index (χ1v) is 4.86. The quantitative estimate of drug-likeness (QED) is 0.534. The first-order chi connectivity index (χ1) is 4.54. The van der Waals surface area contributed by atoms with Gasteiger partial charge >= 0.3 is 27.7 Å². The largest absolute Gasteiger partial charge is 2.00 e. The maximum atomic E-state index is 4.68. The van der Waals surface area contributed by atoms with Crippen molar-refractivity contribution in [2.24, 2.45) is 11.8 Å². The van der Waals surface area contributed by atoms with E-state index in [1.165, 1.54) is 0 Å². The Hall–Kier alpha value is 1.64. The molecule has 0 aromatic carbocycles. The van der Waals surface area contributed by atoms with Gasteiger partial charge in [0.25, 0.3) is 0 Å². The molecule has 0 atom stereocenters. The second kappa shape index (κ2) is 14.2. The third-order valence-electron chi connectivity index (χ3n) is 0.667. The van der Waals surface area contributed by atoms with E-state index in [1.807, 2.05) is 0 Å². The van der Waals surface area contributed by atoms with Crippen molar-refractivity contribution in [2.75, 3.05) is 11.5 Å². The fourth-order valence-electron chi connectivity index (χ4n) is 0. The van der Waals surface area contributed by atoms with E-state index in [2.05, 4.69) is 53.0 Å². The molecule has 0 aliphatic heterocycles. The van der Waals surface area contributed by atoms with Crippen LogP contribution in [0.1, 0.15) is 27.7 Å². The zero-order chi connectivity index (χ0) is 8.57. The number of hydrogen-bond acceptors (Lipinski definition) is 2. The van der Waals surface area contributed by atoms with Crippen molar-refractivity contribution in [2.45, 2.75) is 27.7 Å². The average Bonchev–Trinajstić information content (AvgIpc) is 1.89. The van der Waals surface area contributed by atoms with Crippen LogP contribution < -0.4 is 0 Å². The van der Waals surface area contributed by atoms with Crippen LogP contribution in [-0.2, 0) is 52.9 Å². The van der Waals surface area contributed by atoms with Gasteiger partial charge in [-0.2, -0.15) is 11.5 Å². The van der Waals surface area contributed by atoms with E-state index >= 15 is 0 Å². The number of hydrogen-bond donors (Lipinski definition) is 0. The van der Waals surface area contributed by atoms with Crippen molar-refractivity contribution in [3.05, 3.63) is 0 Å². The summed E-state index contributed by atoms with van der Waals surface area (Å²) in [6.45, 7) is 8.47. The molecule has 0 saturated carbocycles. The van der Waals surface area contributed by atoms with Gasteiger partial charge in [0.15, 0.2) is 0 Å². The zero-order valence-electron chi connectivity index (χ0n) is 8.09. The van der Waals surface area contributed by atoms with Crippen LogP contribution in [0, 0.1) is 11.8 Å². The minimum atomic E-state index is 0. The molecule has 11 heavy (non-hydrogen) atoms. The molecule has 0 fully saturated rings. The van der Waals surface area contributed by atoms with Crippen molar-refractivity contribution >= 4 is 25.3 Å². The molecule has 0 unspecified atom stereocenters. The predicted octanol–water partition coefficient (Wildman–Crippen LogP) is 2.38. The Bertz CT molecular complexity index is 48.1. The minimum Gasteiger partial charge on any atom is -0.792 e. The molecule has 3 heteroatoms. The fraction of sp³-hybridized carbons (Fsp3) is 1.00. The van der Waals surface area contributed by atoms with Gasteiger partial charge in [0, 0.05) is 0 Å². The van der Waals surface area contributed by atoms with Crippen molar-refractivity contribution in [3.63, 3.8) is 0 Å². The number of rotatable bonds is 2. The summed E-state index contributed by atoms with van der Waals surface area (Å²) in [6, 6.07) is 0. The van der Waals surface area contributed by atoms with Gasteiger partial charge in [0.2, 0.25) is 0 Å². The Morgan fingerprint density at radius 2 is 0.909 bits per heavy atom. The van der Waals surface area contributed by atoms with Crippen molar-refractivity contribution < 1.29 is 27.7 Å². The Kier molecular flexibility index (Phi) is 23.7. The maximum Gasteiger partial charge on any atom is 2.00 e. The standard InChI is InChI=1S/2C4H10S.Hg/c2*1-4(2)3-5;/h2*4-5H,3H2,1-2H3;/q;;+2/p-2. The maximum absolute atomic E-state index is 4.68. The van der Waals surface area contributed by atoms with Crippen molar-refractivity contribution in [1.82, 2.24) is 0 Å². The van der Waals surface area contributed by atoms with Crippen LogP contribution in [0.3, 0.4) is 0 Å². The topological polar surface area (TPSA) is 0 Å². The van der Waals surface area contributed by atoms with Gasteiger partial charge in [-0.3, -0.25) is 0 Å². The Balaban J connectivity index is -0.000000107. The van der Waals surface area contributed by atoms with E-state index in [0.717, 1.165) is 11.5 Å². The molecule has 0 amide bonds. The zero-order valence-corrected chi connectivity index (χ0v) is 15.2. The van der Waals surface area contributed by atoms with Gasteiger partial charge in [-0.1, -0.05) is 39.5 Å². The molecule has 0 radical (unpaired) electrons. The molecule has 0 aromatic heterocycles. The van der Waals surface area contributed by atoms with Gasteiger partial charge in [0.05, 0.1) is 0 Å². The van der Waals surface area contributed by atoms with Crippen molar-refractivity contribution in [1.29, 1.82) is 0 Å².